The van der Waals surface area contributed by atoms with Gasteiger partial charge < -0.3 is 15.0 Å². The summed E-state index contributed by atoms with van der Waals surface area (Å²) in [4.78, 5) is 4.43. The molecule has 0 spiro atoms. The number of nitrogens with zero attached hydrogens (tertiary/aromatic N) is 2. The van der Waals surface area contributed by atoms with Crippen LogP contribution in [0.3, 0.4) is 0 Å². The molecule has 1 unspecified atom stereocenters. The standard InChI is InChI=1S/C16H21N3O2/c1-2-11-6-3-4-9-13(11)16-18-15(19-21-16)14(17)10-20-12-7-5-8-12/h3-4,6,9,12,14H,2,5,7-8,10,17H2,1H3. The SMILES string of the molecule is CCc1ccccc1-c1nc(C(N)COC2CCC2)no1. The van der Waals surface area contributed by atoms with Gasteiger partial charge in [0.2, 0.25) is 0 Å². The number of aromatic nitrogens is 2. The first-order valence-corrected chi connectivity index (χ1v) is 7.57. The molecule has 1 fully saturated rings. The van der Waals surface area contributed by atoms with E-state index in [1.54, 1.807) is 0 Å². The van der Waals surface area contributed by atoms with Crippen LogP contribution in [-0.2, 0) is 11.2 Å². The molecule has 1 aliphatic rings. The van der Waals surface area contributed by atoms with Crippen molar-refractivity contribution in [1.82, 2.24) is 10.1 Å². The molecule has 1 aromatic carbocycles. The van der Waals surface area contributed by atoms with Crippen LogP contribution in [0.25, 0.3) is 11.5 Å². The van der Waals surface area contributed by atoms with E-state index in [2.05, 4.69) is 23.1 Å². The zero-order valence-corrected chi connectivity index (χ0v) is 12.3. The van der Waals surface area contributed by atoms with Crippen LogP contribution >= 0.6 is 0 Å². The highest BCUT2D eigenvalue weighted by atomic mass is 16.5. The molecule has 5 nitrogen and oxygen atoms in total. The maximum atomic E-state index is 6.07. The lowest BCUT2D eigenvalue weighted by Gasteiger charge is -2.26. The molecule has 1 aromatic heterocycles. The Bertz CT molecular complexity index is 593. The van der Waals surface area contributed by atoms with Crippen molar-refractivity contribution in [3.63, 3.8) is 0 Å². The molecule has 0 aliphatic heterocycles. The topological polar surface area (TPSA) is 74.2 Å². The number of ether oxygens (including phenoxy) is 1. The lowest BCUT2D eigenvalue weighted by molar-refractivity contribution is -0.00549. The van der Waals surface area contributed by atoms with E-state index in [0.29, 0.717) is 24.4 Å². The molecule has 2 aromatic rings. The summed E-state index contributed by atoms with van der Waals surface area (Å²) in [6, 6.07) is 7.71. The second-order valence-corrected chi connectivity index (χ2v) is 5.46. The molecule has 5 heteroatoms. The fourth-order valence-corrected chi connectivity index (χ4v) is 2.38. The van der Waals surface area contributed by atoms with E-state index in [9.17, 15) is 0 Å². The van der Waals surface area contributed by atoms with E-state index in [1.807, 2.05) is 18.2 Å². The molecule has 21 heavy (non-hydrogen) atoms. The van der Waals surface area contributed by atoms with E-state index in [4.69, 9.17) is 15.0 Å². The van der Waals surface area contributed by atoms with Gasteiger partial charge in [-0.05, 0) is 37.3 Å². The Labute approximate surface area is 124 Å². The van der Waals surface area contributed by atoms with E-state index < -0.39 is 0 Å². The summed E-state index contributed by atoms with van der Waals surface area (Å²) in [5.74, 6) is 1.04. The van der Waals surface area contributed by atoms with E-state index in [1.165, 1.54) is 12.0 Å². The Balaban J connectivity index is 1.70. The van der Waals surface area contributed by atoms with Crippen molar-refractivity contribution < 1.29 is 9.26 Å². The van der Waals surface area contributed by atoms with Crippen molar-refractivity contribution in [2.75, 3.05) is 6.61 Å². The molecular weight excluding hydrogens is 266 g/mol. The Morgan fingerprint density at radius 2 is 2.19 bits per heavy atom. The first-order chi connectivity index (χ1) is 10.3. The highest BCUT2D eigenvalue weighted by Gasteiger charge is 2.22. The van der Waals surface area contributed by atoms with Crippen molar-refractivity contribution in [1.29, 1.82) is 0 Å². The van der Waals surface area contributed by atoms with Gasteiger partial charge >= 0.3 is 0 Å². The molecular formula is C16H21N3O2. The Kier molecular flexibility index (Phi) is 4.31. The average molecular weight is 287 g/mol. The number of rotatable bonds is 6. The van der Waals surface area contributed by atoms with Crippen LogP contribution in [0.5, 0.6) is 0 Å². The first-order valence-electron chi connectivity index (χ1n) is 7.57. The zero-order chi connectivity index (χ0) is 14.7. The second kappa shape index (κ2) is 6.37. The van der Waals surface area contributed by atoms with Crippen molar-refractivity contribution in [3.8, 4) is 11.5 Å². The second-order valence-electron chi connectivity index (χ2n) is 5.46. The first kappa shape index (κ1) is 14.2. The predicted molar refractivity (Wildman–Crippen MR) is 79.6 cm³/mol. The van der Waals surface area contributed by atoms with E-state index in [-0.39, 0.29) is 6.04 Å². The summed E-state index contributed by atoms with van der Waals surface area (Å²) in [5.41, 5.74) is 8.24. The van der Waals surface area contributed by atoms with E-state index in [0.717, 1.165) is 24.8 Å². The molecule has 0 amide bonds. The minimum atomic E-state index is -0.336. The van der Waals surface area contributed by atoms with Gasteiger partial charge in [-0.15, -0.1) is 0 Å². The summed E-state index contributed by atoms with van der Waals surface area (Å²) in [7, 11) is 0. The van der Waals surface area contributed by atoms with Crippen LogP contribution in [0.1, 0.15) is 43.6 Å². The predicted octanol–water partition coefficient (Wildman–Crippen LogP) is 2.87. The molecule has 0 saturated heterocycles. The minimum Gasteiger partial charge on any atom is -0.376 e. The maximum absolute atomic E-state index is 6.07. The zero-order valence-electron chi connectivity index (χ0n) is 12.3. The third-order valence-electron chi connectivity index (χ3n) is 3.97. The lowest BCUT2D eigenvalue weighted by Crippen LogP contribution is -2.27. The van der Waals surface area contributed by atoms with Crippen LogP contribution in [0, 0.1) is 0 Å². The van der Waals surface area contributed by atoms with Gasteiger partial charge in [0.15, 0.2) is 5.82 Å². The van der Waals surface area contributed by atoms with Gasteiger partial charge in [0.1, 0.15) is 0 Å². The van der Waals surface area contributed by atoms with Crippen LogP contribution in [0.4, 0.5) is 0 Å². The van der Waals surface area contributed by atoms with Gasteiger partial charge in [-0.25, -0.2) is 0 Å². The van der Waals surface area contributed by atoms with Gasteiger partial charge in [-0.1, -0.05) is 30.3 Å². The van der Waals surface area contributed by atoms with Gasteiger partial charge in [-0.3, -0.25) is 0 Å². The number of nitrogens with two attached hydrogens (primary N) is 1. The van der Waals surface area contributed by atoms with Crippen molar-refractivity contribution in [3.05, 3.63) is 35.7 Å². The molecule has 1 heterocycles. The largest absolute Gasteiger partial charge is 0.376 e. The highest BCUT2D eigenvalue weighted by Crippen LogP contribution is 2.25. The lowest BCUT2D eigenvalue weighted by atomic mass is 9.96. The molecule has 2 N–H and O–H groups in total. The summed E-state index contributed by atoms with van der Waals surface area (Å²) in [6.45, 7) is 2.55. The number of aryl methyl sites for hydroxylation is 1. The molecule has 0 radical (unpaired) electrons. The Hall–Kier alpha value is -1.72. The van der Waals surface area contributed by atoms with Crippen molar-refractivity contribution in [2.24, 2.45) is 5.73 Å². The number of hydrogen-bond donors (Lipinski definition) is 1. The molecule has 1 aliphatic carbocycles. The molecule has 0 bridgehead atoms. The number of benzene rings is 1. The van der Waals surface area contributed by atoms with Crippen LogP contribution in [-0.4, -0.2) is 22.9 Å². The van der Waals surface area contributed by atoms with Gasteiger partial charge in [0, 0.05) is 5.56 Å². The van der Waals surface area contributed by atoms with E-state index >= 15 is 0 Å². The van der Waals surface area contributed by atoms with Crippen molar-refractivity contribution >= 4 is 0 Å². The average Bonchev–Trinajstić information content (AvgIpc) is 2.95. The smallest absolute Gasteiger partial charge is 0.258 e. The van der Waals surface area contributed by atoms with Crippen molar-refractivity contribution in [2.45, 2.75) is 44.8 Å². The molecule has 1 atom stereocenters. The minimum absolute atomic E-state index is 0.336. The Morgan fingerprint density at radius 3 is 2.90 bits per heavy atom. The summed E-state index contributed by atoms with van der Waals surface area (Å²) in [6.07, 6.45) is 4.80. The normalized spacial score (nSPS) is 16.7. The summed E-state index contributed by atoms with van der Waals surface area (Å²) < 4.78 is 11.1. The third kappa shape index (κ3) is 3.14. The van der Waals surface area contributed by atoms with Crippen LogP contribution in [0.15, 0.2) is 28.8 Å². The maximum Gasteiger partial charge on any atom is 0.258 e. The van der Waals surface area contributed by atoms with Gasteiger partial charge in [-0.2, -0.15) is 4.98 Å². The highest BCUT2D eigenvalue weighted by molar-refractivity contribution is 5.58. The monoisotopic (exact) mass is 287 g/mol. The van der Waals surface area contributed by atoms with Crippen LogP contribution in [0.2, 0.25) is 0 Å². The molecule has 3 rings (SSSR count). The van der Waals surface area contributed by atoms with Gasteiger partial charge in [0.25, 0.3) is 5.89 Å². The Morgan fingerprint density at radius 1 is 1.38 bits per heavy atom. The molecule has 1 saturated carbocycles. The van der Waals surface area contributed by atoms with Gasteiger partial charge in [0.05, 0.1) is 18.8 Å². The molecule has 112 valence electrons. The summed E-state index contributed by atoms with van der Waals surface area (Å²) >= 11 is 0. The fraction of sp³-hybridized carbons (Fsp3) is 0.500. The fourth-order valence-electron chi connectivity index (χ4n) is 2.38. The number of hydrogen-bond acceptors (Lipinski definition) is 5. The summed E-state index contributed by atoms with van der Waals surface area (Å²) in [5, 5.41) is 4.00. The quantitative estimate of drug-likeness (QED) is 0.884. The third-order valence-corrected chi connectivity index (χ3v) is 3.97. The van der Waals surface area contributed by atoms with Crippen LogP contribution < -0.4 is 5.73 Å².